The van der Waals surface area contributed by atoms with E-state index < -0.39 is 0 Å². The second kappa shape index (κ2) is 4.86. The minimum absolute atomic E-state index is 0.325. The Kier molecular flexibility index (Phi) is 3.07. The van der Waals surface area contributed by atoms with Gasteiger partial charge in [-0.1, -0.05) is 6.07 Å². The van der Waals surface area contributed by atoms with Gasteiger partial charge in [0.05, 0.1) is 11.7 Å². The van der Waals surface area contributed by atoms with E-state index in [2.05, 4.69) is 40.4 Å². The number of hydrogen-bond acceptors (Lipinski definition) is 3. The molecule has 3 rings (SSSR count). The van der Waals surface area contributed by atoms with E-state index in [1.54, 1.807) is 0 Å². The van der Waals surface area contributed by atoms with Gasteiger partial charge in [-0.2, -0.15) is 0 Å². The first-order valence-corrected chi connectivity index (χ1v) is 6.44. The summed E-state index contributed by atoms with van der Waals surface area (Å²) in [6.07, 6.45) is 7.84. The largest absolute Gasteiger partial charge is 0.302 e. The molecule has 0 aromatic carbocycles. The summed E-state index contributed by atoms with van der Waals surface area (Å²) in [6, 6.07) is 9.03. The SMILES string of the molecule is CC(NC1CCc2cccnc21)c1ccncc1. The summed E-state index contributed by atoms with van der Waals surface area (Å²) in [5.74, 6) is 0. The smallest absolute Gasteiger partial charge is 0.0605 e. The van der Waals surface area contributed by atoms with E-state index in [0.29, 0.717) is 12.1 Å². The number of nitrogens with zero attached hydrogens (tertiary/aromatic N) is 2. The van der Waals surface area contributed by atoms with Gasteiger partial charge in [-0.25, -0.2) is 0 Å². The Hall–Kier alpha value is -1.74. The number of hydrogen-bond donors (Lipinski definition) is 1. The minimum atomic E-state index is 0.325. The summed E-state index contributed by atoms with van der Waals surface area (Å²) in [4.78, 5) is 8.57. The highest BCUT2D eigenvalue weighted by atomic mass is 15.0. The number of fused-ring (bicyclic) bond motifs is 1. The van der Waals surface area contributed by atoms with Crippen molar-refractivity contribution in [1.82, 2.24) is 15.3 Å². The second-order valence-corrected chi connectivity index (χ2v) is 4.81. The van der Waals surface area contributed by atoms with Crippen LogP contribution in [0.15, 0.2) is 42.9 Å². The van der Waals surface area contributed by atoms with Crippen molar-refractivity contribution in [3.8, 4) is 0 Å². The van der Waals surface area contributed by atoms with Crippen LogP contribution < -0.4 is 5.32 Å². The van der Waals surface area contributed by atoms with Crippen molar-refractivity contribution < 1.29 is 0 Å². The van der Waals surface area contributed by atoms with E-state index in [4.69, 9.17) is 0 Å². The quantitative estimate of drug-likeness (QED) is 0.895. The van der Waals surface area contributed by atoms with Crippen molar-refractivity contribution in [3.63, 3.8) is 0 Å². The molecule has 0 bridgehead atoms. The van der Waals surface area contributed by atoms with Crippen LogP contribution in [0.3, 0.4) is 0 Å². The normalized spacial score (nSPS) is 19.5. The summed E-state index contributed by atoms with van der Waals surface area (Å²) in [5.41, 5.74) is 3.88. The summed E-state index contributed by atoms with van der Waals surface area (Å²) in [7, 11) is 0. The van der Waals surface area contributed by atoms with Crippen molar-refractivity contribution in [1.29, 1.82) is 0 Å². The Bertz CT molecular complexity index is 524. The molecule has 1 N–H and O–H groups in total. The first-order chi connectivity index (χ1) is 8.84. The Morgan fingerprint density at radius 3 is 2.89 bits per heavy atom. The number of nitrogens with one attached hydrogen (secondary N) is 1. The van der Waals surface area contributed by atoms with Gasteiger partial charge in [0.1, 0.15) is 0 Å². The molecule has 0 saturated heterocycles. The van der Waals surface area contributed by atoms with Crippen molar-refractivity contribution >= 4 is 0 Å². The molecule has 0 spiro atoms. The molecule has 92 valence electrons. The summed E-state index contributed by atoms with van der Waals surface area (Å²) in [6.45, 7) is 2.19. The van der Waals surface area contributed by atoms with Crippen LogP contribution in [0.25, 0.3) is 0 Å². The predicted molar refractivity (Wildman–Crippen MR) is 71.1 cm³/mol. The molecule has 0 aliphatic heterocycles. The van der Waals surface area contributed by atoms with Crippen molar-refractivity contribution in [2.75, 3.05) is 0 Å². The lowest BCUT2D eigenvalue weighted by Gasteiger charge is -2.19. The third-order valence-corrected chi connectivity index (χ3v) is 3.62. The van der Waals surface area contributed by atoms with E-state index >= 15 is 0 Å². The fraction of sp³-hybridized carbons (Fsp3) is 0.333. The van der Waals surface area contributed by atoms with Gasteiger partial charge < -0.3 is 5.32 Å². The first kappa shape index (κ1) is 11.4. The van der Waals surface area contributed by atoms with Crippen LogP contribution >= 0.6 is 0 Å². The molecule has 2 heterocycles. The molecular formula is C15H17N3. The van der Waals surface area contributed by atoms with Crippen molar-refractivity contribution in [3.05, 3.63) is 59.7 Å². The lowest BCUT2D eigenvalue weighted by Crippen LogP contribution is -2.23. The zero-order valence-electron chi connectivity index (χ0n) is 10.5. The monoisotopic (exact) mass is 239 g/mol. The van der Waals surface area contributed by atoms with Gasteiger partial charge in [-0.05, 0) is 49.1 Å². The van der Waals surface area contributed by atoms with Crippen LogP contribution in [0.5, 0.6) is 0 Å². The molecule has 1 aliphatic carbocycles. The van der Waals surface area contributed by atoms with Gasteiger partial charge in [0, 0.05) is 24.6 Å². The van der Waals surface area contributed by atoms with Gasteiger partial charge in [0.2, 0.25) is 0 Å². The molecule has 1 aliphatic rings. The fourth-order valence-electron chi connectivity index (χ4n) is 2.62. The van der Waals surface area contributed by atoms with Crippen molar-refractivity contribution in [2.24, 2.45) is 0 Å². The van der Waals surface area contributed by atoms with Gasteiger partial charge in [0.25, 0.3) is 0 Å². The molecule has 3 heteroatoms. The maximum atomic E-state index is 4.51. The predicted octanol–water partition coefficient (Wildman–Crippen LogP) is 2.81. The average Bonchev–Trinajstić information content (AvgIpc) is 2.83. The molecule has 0 radical (unpaired) electrons. The third kappa shape index (κ3) is 2.14. The first-order valence-electron chi connectivity index (χ1n) is 6.44. The van der Waals surface area contributed by atoms with Crippen LogP contribution in [0, 0.1) is 0 Å². The van der Waals surface area contributed by atoms with Crippen LogP contribution in [0.4, 0.5) is 0 Å². The molecule has 2 aromatic heterocycles. The Balaban J connectivity index is 1.75. The molecule has 2 aromatic rings. The highest BCUT2D eigenvalue weighted by Gasteiger charge is 2.24. The fourth-order valence-corrected chi connectivity index (χ4v) is 2.62. The summed E-state index contributed by atoms with van der Waals surface area (Å²) < 4.78 is 0. The van der Waals surface area contributed by atoms with Crippen LogP contribution in [0.2, 0.25) is 0 Å². The molecular weight excluding hydrogens is 222 g/mol. The Morgan fingerprint density at radius 2 is 2.06 bits per heavy atom. The molecule has 2 atom stereocenters. The number of pyridine rings is 2. The lowest BCUT2D eigenvalue weighted by atomic mass is 10.1. The van der Waals surface area contributed by atoms with E-state index in [0.717, 1.165) is 12.8 Å². The van der Waals surface area contributed by atoms with Crippen LogP contribution in [-0.4, -0.2) is 9.97 Å². The Morgan fingerprint density at radius 1 is 1.22 bits per heavy atom. The maximum Gasteiger partial charge on any atom is 0.0605 e. The zero-order valence-corrected chi connectivity index (χ0v) is 10.5. The summed E-state index contributed by atoms with van der Waals surface area (Å²) >= 11 is 0. The molecule has 0 amide bonds. The highest BCUT2D eigenvalue weighted by molar-refractivity contribution is 5.28. The second-order valence-electron chi connectivity index (χ2n) is 4.81. The van der Waals surface area contributed by atoms with Crippen LogP contribution in [0.1, 0.15) is 42.2 Å². The number of aryl methyl sites for hydroxylation is 1. The van der Waals surface area contributed by atoms with Gasteiger partial charge >= 0.3 is 0 Å². The summed E-state index contributed by atoms with van der Waals surface area (Å²) in [5, 5.41) is 3.66. The van der Waals surface area contributed by atoms with E-state index in [-0.39, 0.29) is 0 Å². The third-order valence-electron chi connectivity index (χ3n) is 3.62. The van der Waals surface area contributed by atoms with Gasteiger partial charge in [0.15, 0.2) is 0 Å². The molecule has 0 saturated carbocycles. The number of rotatable bonds is 3. The average molecular weight is 239 g/mol. The van der Waals surface area contributed by atoms with Crippen LogP contribution in [-0.2, 0) is 6.42 Å². The topological polar surface area (TPSA) is 37.8 Å². The Labute approximate surface area is 107 Å². The molecule has 18 heavy (non-hydrogen) atoms. The van der Waals surface area contributed by atoms with E-state index in [1.165, 1.54) is 16.8 Å². The number of aromatic nitrogens is 2. The maximum absolute atomic E-state index is 4.51. The highest BCUT2D eigenvalue weighted by Crippen LogP contribution is 2.30. The van der Waals surface area contributed by atoms with Gasteiger partial charge in [-0.15, -0.1) is 0 Å². The van der Waals surface area contributed by atoms with Crippen molar-refractivity contribution in [2.45, 2.75) is 31.8 Å². The standard InChI is InChI=1S/C15H17N3/c1-11(12-6-9-16-10-7-12)18-14-5-4-13-3-2-8-17-15(13)14/h2-3,6-11,14,18H,4-5H2,1H3. The minimum Gasteiger partial charge on any atom is -0.302 e. The van der Waals surface area contributed by atoms with E-state index in [9.17, 15) is 0 Å². The molecule has 3 nitrogen and oxygen atoms in total. The zero-order chi connectivity index (χ0) is 12.4. The lowest BCUT2D eigenvalue weighted by molar-refractivity contribution is 0.458. The van der Waals surface area contributed by atoms with Gasteiger partial charge in [-0.3, -0.25) is 9.97 Å². The molecule has 2 unspecified atom stereocenters. The molecule has 0 fully saturated rings. The van der Waals surface area contributed by atoms with E-state index in [1.807, 2.05) is 24.7 Å².